The standard InChI is InChI=1S/C21H36O4/c1-7-17-9-18-13(3)11-21(25-20(18)23-16(17)6)10-12(2)15(5)19(24-21)8-14(4)22/h12-13,15-20H,7-11H2,1-6H3/t12-,13-,15-,16-,17-,18-,19-,20+,21+/m0/s1. The molecule has 3 aliphatic rings. The van der Waals surface area contributed by atoms with Crippen molar-refractivity contribution in [1.82, 2.24) is 0 Å². The van der Waals surface area contributed by atoms with E-state index in [1.54, 1.807) is 6.92 Å². The zero-order valence-electron chi connectivity index (χ0n) is 16.8. The lowest BCUT2D eigenvalue weighted by Gasteiger charge is -2.55. The molecule has 9 atom stereocenters. The molecule has 1 spiro atoms. The van der Waals surface area contributed by atoms with Crippen LogP contribution in [-0.2, 0) is 19.0 Å². The summed E-state index contributed by atoms with van der Waals surface area (Å²) in [7, 11) is 0. The number of hydrogen-bond donors (Lipinski definition) is 0. The van der Waals surface area contributed by atoms with E-state index in [4.69, 9.17) is 14.2 Å². The van der Waals surface area contributed by atoms with Crippen LogP contribution in [0.25, 0.3) is 0 Å². The minimum atomic E-state index is -0.578. The molecule has 4 nitrogen and oxygen atoms in total. The Balaban J connectivity index is 1.77. The lowest BCUT2D eigenvalue weighted by molar-refractivity contribution is -0.402. The Kier molecular flexibility index (Phi) is 5.63. The van der Waals surface area contributed by atoms with Crippen molar-refractivity contribution in [3.8, 4) is 0 Å². The molecular weight excluding hydrogens is 316 g/mol. The molecule has 0 radical (unpaired) electrons. The molecule has 0 aromatic carbocycles. The van der Waals surface area contributed by atoms with Crippen LogP contribution in [0.5, 0.6) is 0 Å². The van der Waals surface area contributed by atoms with E-state index in [9.17, 15) is 4.79 Å². The molecule has 0 bridgehead atoms. The summed E-state index contributed by atoms with van der Waals surface area (Å²) in [6, 6.07) is 0. The van der Waals surface area contributed by atoms with Gasteiger partial charge in [-0.1, -0.05) is 34.1 Å². The van der Waals surface area contributed by atoms with Crippen molar-refractivity contribution in [2.45, 2.75) is 97.9 Å². The average molecular weight is 353 g/mol. The largest absolute Gasteiger partial charge is 0.349 e. The van der Waals surface area contributed by atoms with Gasteiger partial charge in [0.05, 0.1) is 12.2 Å². The normalized spacial score (nSPS) is 50.5. The van der Waals surface area contributed by atoms with Gasteiger partial charge in [0.15, 0.2) is 12.1 Å². The molecule has 3 aliphatic heterocycles. The molecule has 3 saturated heterocycles. The molecule has 3 fully saturated rings. The van der Waals surface area contributed by atoms with Crippen LogP contribution in [0.3, 0.4) is 0 Å². The van der Waals surface area contributed by atoms with Gasteiger partial charge in [0.25, 0.3) is 0 Å². The summed E-state index contributed by atoms with van der Waals surface area (Å²) in [4.78, 5) is 11.7. The Morgan fingerprint density at radius 2 is 1.76 bits per heavy atom. The maximum Gasteiger partial charge on any atom is 0.172 e. The van der Waals surface area contributed by atoms with Crippen molar-refractivity contribution in [2.75, 3.05) is 0 Å². The van der Waals surface area contributed by atoms with Crippen molar-refractivity contribution in [3.05, 3.63) is 0 Å². The quantitative estimate of drug-likeness (QED) is 0.747. The summed E-state index contributed by atoms with van der Waals surface area (Å²) < 4.78 is 19.3. The fourth-order valence-corrected chi connectivity index (χ4v) is 5.28. The van der Waals surface area contributed by atoms with Crippen molar-refractivity contribution >= 4 is 5.78 Å². The Morgan fingerprint density at radius 3 is 2.40 bits per heavy atom. The highest BCUT2D eigenvalue weighted by Gasteiger charge is 2.54. The third-order valence-corrected chi connectivity index (χ3v) is 7.13. The van der Waals surface area contributed by atoms with Gasteiger partial charge >= 0.3 is 0 Å². The molecule has 0 unspecified atom stereocenters. The first-order valence-corrected chi connectivity index (χ1v) is 10.2. The first-order chi connectivity index (χ1) is 11.7. The summed E-state index contributed by atoms with van der Waals surface area (Å²) >= 11 is 0. The minimum absolute atomic E-state index is 0.0468. The van der Waals surface area contributed by atoms with Gasteiger partial charge in [-0.25, -0.2) is 0 Å². The Labute approximate surface area is 153 Å². The fraction of sp³-hybridized carbons (Fsp3) is 0.952. The van der Waals surface area contributed by atoms with Gasteiger partial charge in [0.2, 0.25) is 0 Å². The van der Waals surface area contributed by atoms with E-state index in [0.717, 1.165) is 19.3 Å². The molecule has 4 heteroatoms. The van der Waals surface area contributed by atoms with Crippen LogP contribution in [0.2, 0.25) is 0 Å². The van der Waals surface area contributed by atoms with Crippen LogP contribution in [0.4, 0.5) is 0 Å². The number of carbonyl (C=O) groups excluding carboxylic acids is 1. The van der Waals surface area contributed by atoms with Crippen LogP contribution in [0, 0.1) is 29.6 Å². The van der Waals surface area contributed by atoms with Gasteiger partial charge in [-0.3, -0.25) is 4.79 Å². The predicted octanol–water partition coefficient (Wildman–Crippen LogP) is 4.56. The van der Waals surface area contributed by atoms with E-state index in [-0.39, 0.29) is 24.3 Å². The first kappa shape index (κ1) is 19.3. The molecule has 0 saturated carbocycles. The molecule has 0 aromatic rings. The highest BCUT2D eigenvalue weighted by Crippen LogP contribution is 2.51. The maximum atomic E-state index is 11.7. The average Bonchev–Trinajstić information content (AvgIpc) is 2.51. The Hall–Kier alpha value is -0.450. The molecule has 0 N–H and O–H groups in total. The number of Topliss-reactive ketones (excluding diaryl/α,β-unsaturated/α-hetero) is 1. The highest BCUT2D eigenvalue weighted by atomic mass is 16.8. The zero-order chi connectivity index (χ0) is 18.4. The number of hydrogen-bond acceptors (Lipinski definition) is 4. The summed E-state index contributed by atoms with van der Waals surface area (Å²) in [5.74, 6) is 2.06. The SMILES string of the molecule is CC[C@H]1C[C@@H]2[C@H](O[C@H]1C)O[C@]1(C[C@H](C)[C@H](C)[C@H](CC(C)=O)O1)C[C@@H]2C. The monoisotopic (exact) mass is 352 g/mol. The van der Waals surface area contributed by atoms with Gasteiger partial charge in [-0.15, -0.1) is 0 Å². The van der Waals surface area contributed by atoms with Gasteiger partial charge in [0.1, 0.15) is 5.78 Å². The predicted molar refractivity (Wildman–Crippen MR) is 96.9 cm³/mol. The third kappa shape index (κ3) is 3.81. The second-order valence-corrected chi connectivity index (χ2v) is 9.09. The van der Waals surface area contributed by atoms with Crippen molar-refractivity contribution in [1.29, 1.82) is 0 Å². The van der Waals surface area contributed by atoms with E-state index < -0.39 is 5.79 Å². The van der Waals surface area contributed by atoms with E-state index in [1.165, 1.54) is 6.42 Å². The van der Waals surface area contributed by atoms with Crippen LogP contribution in [0.1, 0.15) is 73.6 Å². The molecule has 3 heterocycles. The number of fused-ring (bicyclic) bond motifs is 1. The van der Waals surface area contributed by atoms with E-state index in [2.05, 4.69) is 34.6 Å². The number of rotatable bonds is 3. The summed E-state index contributed by atoms with van der Waals surface area (Å²) in [6.45, 7) is 12.9. The summed E-state index contributed by atoms with van der Waals surface area (Å²) in [5, 5.41) is 0. The molecule has 0 aromatic heterocycles. The fourth-order valence-electron chi connectivity index (χ4n) is 5.28. The van der Waals surface area contributed by atoms with Crippen LogP contribution in [0.15, 0.2) is 0 Å². The van der Waals surface area contributed by atoms with Gasteiger partial charge in [0, 0.05) is 25.2 Å². The van der Waals surface area contributed by atoms with Gasteiger partial charge < -0.3 is 14.2 Å². The number of ketones is 1. The van der Waals surface area contributed by atoms with Gasteiger partial charge in [-0.2, -0.15) is 0 Å². The lowest BCUT2D eigenvalue weighted by atomic mass is 9.72. The number of carbonyl (C=O) groups is 1. The van der Waals surface area contributed by atoms with E-state index in [1.807, 2.05) is 0 Å². The zero-order valence-corrected chi connectivity index (χ0v) is 16.8. The number of ether oxygens (including phenoxy) is 3. The molecular formula is C21H36O4. The van der Waals surface area contributed by atoms with E-state index in [0.29, 0.717) is 36.0 Å². The minimum Gasteiger partial charge on any atom is -0.349 e. The first-order valence-electron chi connectivity index (χ1n) is 10.2. The topological polar surface area (TPSA) is 44.8 Å². The second-order valence-electron chi connectivity index (χ2n) is 9.09. The maximum absolute atomic E-state index is 11.7. The highest BCUT2D eigenvalue weighted by molar-refractivity contribution is 5.76. The van der Waals surface area contributed by atoms with Crippen molar-refractivity contribution in [3.63, 3.8) is 0 Å². The van der Waals surface area contributed by atoms with Crippen molar-refractivity contribution < 1.29 is 19.0 Å². The van der Waals surface area contributed by atoms with E-state index >= 15 is 0 Å². The molecule has 0 amide bonds. The van der Waals surface area contributed by atoms with Gasteiger partial charge in [-0.05, 0) is 43.9 Å². The smallest absolute Gasteiger partial charge is 0.172 e. The molecule has 25 heavy (non-hydrogen) atoms. The van der Waals surface area contributed by atoms with Crippen LogP contribution in [-0.4, -0.2) is 30.1 Å². The van der Waals surface area contributed by atoms with Crippen LogP contribution < -0.4 is 0 Å². The molecule has 144 valence electrons. The lowest BCUT2D eigenvalue weighted by Crippen LogP contribution is -2.59. The third-order valence-electron chi connectivity index (χ3n) is 7.13. The second kappa shape index (κ2) is 7.28. The Bertz CT molecular complexity index is 492. The molecule has 0 aliphatic carbocycles. The summed E-state index contributed by atoms with van der Waals surface area (Å²) in [6.07, 6.45) is 4.65. The van der Waals surface area contributed by atoms with Crippen LogP contribution >= 0.6 is 0 Å². The Morgan fingerprint density at radius 1 is 1.08 bits per heavy atom. The summed E-state index contributed by atoms with van der Waals surface area (Å²) in [5.41, 5.74) is 0. The molecule has 3 rings (SSSR count). The van der Waals surface area contributed by atoms with Crippen molar-refractivity contribution in [2.24, 2.45) is 29.6 Å².